The number of hydrogen-bond acceptors (Lipinski definition) is 6. The van der Waals surface area contributed by atoms with Gasteiger partial charge in [-0.15, -0.1) is 0 Å². The van der Waals surface area contributed by atoms with Crippen molar-refractivity contribution in [3.8, 4) is 11.3 Å². The van der Waals surface area contributed by atoms with E-state index in [9.17, 15) is 8.42 Å². The number of aryl methyl sites for hydroxylation is 2. The molecule has 8 nitrogen and oxygen atoms in total. The van der Waals surface area contributed by atoms with E-state index in [0.717, 1.165) is 38.9 Å². The zero-order valence-corrected chi connectivity index (χ0v) is 20.2. The average molecular weight is 486 g/mol. The molecule has 0 atom stereocenters. The van der Waals surface area contributed by atoms with Crippen molar-refractivity contribution in [2.45, 2.75) is 18.7 Å². The van der Waals surface area contributed by atoms with Crippen molar-refractivity contribution in [2.75, 3.05) is 5.01 Å². The van der Waals surface area contributed by atoms with Crippen molar-refractivity contribution < 1.29 is 13.3 Å². The molecule has 176 valence electrons. The number of rotatable bonds is 4. The van der Waals surface area contributed by atoms with Crippen LogP contribution < -0.4 is 10.6 Å². The molecule has 4 heterocycles. The van der Waals surface area contributed by atoms with Crippen LogP contribution in [0, 0.1) is 6.92 Å². The van der Waals surface area contributed by atoms with Gasteiger partial charge in [0.05, 0.1) is 22.5 Å². The molecule has 0 spiro atoms. The van der Waals surface area contributed by atoms with E-state index in [1.54, 1.807) is 35.5 Å². The number of fused-ring (bicyclic) bond motifs is 2. The van der Waals surface area contributed by atoms with Gasteiger partial charge in [0.1, 0.15) is 5.76 Å². The van der Waals surface area contributed by atoms with Crippen LogP contribution in [0.25, 0.3) is 33.2 Å². The van der Waals surface area contributed by atoms with Crippen LogP contribution in [0.15, 0.2) is 89.9 Å². The standard InChI is InChI=1S/C26H23N5O3S/c1-17-6-9-21(10-7-17)35(32,33)31-25(13-19-5-4-12-27-26(19)31)23-16-29(3)24-11-8-20(14-22(23)24)30-15-18(2)34-28-30/h4-16,28H,1-3H3. The molecule has 1 N–H and O–H groups in total. The summed E-state index contributed by atoms with van der Waals surface area (Å²) in [6, 6.07) is 18.5. The minimum absolute atomic E-state index is 0.215. The molecule has 5 aromatic rings. The lowest BCUT2D eigenvalue weighted by Gasteiger charge is -2.14. The maximum Gasteiger partial charge on any atom is 0.269 e. The number of pyridine rings is 1. The first-order chi connectivity index (χ1) is 16.8. The topological polar surface area (TPSA) is 81.4 Å². The molecular formula is C26H23N5O3S. The molecule has 0 unspecified atom stereocenters. The number of hydrazine groups is 1. The van der Waals surface area contributed by atoms with Crippen LogP contribution >= 0.6 is 0 Å². The largest absolute Gasteiger partial charge is 0.392 e. The van der Waals surface area contributed by atoms with Gasteiger partial charge in [-0.3, -0.25) is 0 Å². The molecular weight excluding hydrogens is 462 g/mol. The molecule has 0 saturated carbocycles. The van der Waals surface area contributed by atoms with E-state index >= 15 is 0 Å². The lowest BCUT2D eigenvalue weighted by atomic mass is 10.1. The molecule has 0 radical (unpaired) electrons. The van der Waals surface area contributed by atoms with E-state index < -0.39 is 10.0 Å². The molecule has 0 saturated heterocycles. The van der Waals surface area contributed by atoms with Crippen LogP contribution in [0.2, 0.25) is 0 Å². The highest BCUT2D eigenvalue weighted by atomic mass is 32.2. The quantitative estimate of drug-likeness (QED) is 0.392. The third-order valence-electron chi connectivity index (χ3n) is 6.22. The minimum Gasteiger partial charge on any atom is -0.392 e. The van der Waals surface area contributed by atoms with Crippen molar-refractivity contribution >= 4 is 37.6 Å². The predicted molar refractivity (Wildman–Crippen MR) is 136 cm³/mol. The van der Waals surface area contributed by atoms with E-state index in [0.29, 0.717) is 11.3 Å². The number of aromatic nitrogens is 3. The first-order valence-electron chi connectivity index (χ1n) is 11.1. The van der Waals surface area contributed by atoms with Crippen molar-refractivity contribution in [1.29, 1.82) is 0 Å². The van der Waals surface area contributed by atoms with Crippen molar-refractivity contribution in [3.63, 3.8) is 0 Å². The molecule has 0 aliphatic carbocycles. The fourth-order valence-electron chi connectivity index (χ4n) is 4.47. The van der Waals surface area contributed by atoms with Gasteiger partial charge in [-0.05, 0) is 62.4 Å². The van der Waals surface area contributed by atoms with E-state index in [4.69, 9.17) is 4.84 Å². The van der Waals surface area contributed by atoms with Crippen molar-refractivity contribution in [1.82, 2.24) is 19.1 Å². The summed E-state index contributed by atoms with van der Waals surface area (Å²) < 4.78 is 31.2. The molecule has 6 rings (SSSR count). The van der Waals surface area contributed by atoms with Crippen LogP contribution in [0.3, 0.4) is 0 Å². The Morgan fingerprint density at radius 1 is 1.00 bits per heavy atom. The Morgan fingerprint density at radius 2 is 1.80 bits per heavy atom. The van der Waals surface area contributed by atoms with Crippen LogP contribution in [-0.2, 0) is 21.9 Å². The Kier molecular flexibility index (Phi) is 4.73. The van der Waals surface area contributed by atoms with E-state index in [-0.39, 0.29) is 4.90 Å². The predicted octanol–water partition coefficient (Wildman–Crippen LogP) is 4.86. The molecule has 0 amide bonds. The van der Waals surface area contributed by atoms with Gasteiger partial charge in [0, 0.05) is 41.3 Å². The van der Waals surface area contributed by atoms with Crippen molar-refractivity contribution in [2.24, 2.45) is 7.05 Å². The Balaban J connectivity index is 1.62. The molecule has 9 heteroatoms. The lowest BCUT2D eigenvalue weighted by Crippen LogP contribution is -2.26. The Labute approximate surface area is 202 Å². The highest BCUT2D eigenvalue weighted by Gasteiger charge is 2.26. The summed E-state index contributed by atoms with van der Waals surface area (Å²) in [4.78, 5) is 10.0. The van der Waals surface area contributed by atoms with Gasteiger partial charge in [0.15, 0.2) is 5.65 Å². The summed E-state index contributed by atoms with van der Waals surface area (Å²) in [5.74, 6) is 0.744. The number of nitrogens with one attached hydrogen (secondary N) is 1. The Morgan fingerprint density at radius 3 is 2.54 bits per heavy atom. The molecule has 1 aliphatic heterocycles. The first kappa shape index (κ1) is 21.5. The summed E-state index contributed by atoms with van der Waals surface area (Å²) in [5, 5.41) is 3.44. The Bertz CT molecular complexity index is 1750. The highest BCUT2D eigenvalue weighted by molar-refractivity contribution is 7.90. The van der Waals surface area contributed by atoms with Crippen molar-refractivity contribution in [3.05, 3.63) is 90.6 Å². The molecule has 0 bridgehead atoms. The number of nitrogens with zero attached hydrogens (tertiary/aromatic N) is 4. The molecule has 0 fully saturated rings. The summed E-state index contributed by atoms with van der Waals surface area (Å²) in [6.07, 6.45) is 5.42. The van der Waals surface area contributed by atoms with Crippen LogP contribution in [0.4, 0.5) is 5.69 Å². The Hall–Kier alpha value is -4.08. The van der Waals surface area contributed by atoms with E-state index in [2.05, 4.69) is 10.6 Å². The smallest absolute Gasteiger partial charge is 0.269 e. The zero-order valence-electron chi connectivity index (χ0n) is 19.4. The van der Waals surface area contributed by atoms with Crippen LogP contribution in [0.1, 0.15) is 12.5 Å². The minimum atomic E-state index is -3.92. The average Bonchev–Trinajstić information content (AvgIpc) is 3.54. The normalized spacial score (nSPS) is 14.0. The molecule has 3 aromatic heterocycles. The van der Waals surface area contributed by atoms with Gasteiger partial charge in [-0.2, -0.15) is 0 Å². The highest BCUT2D eigenvalue weighted by Crippen LogP contribution is 2.37. The third-order valence-corrected chi connectivity index (χ3v) is 7.94. The summed E-state index contributed by atoms with van der Waals surface area (Å²) >= 11 is 0. The maximum atomic E-state index is 13.9. The van der Waals surface area contributed by atoms with Gasteiger partial charge in [-0.1, -0.05) is 23.3 Å². The van der Waals surface area contributed by atoms with Crippen LogP contribution in [0.5, 0.6) is 0 Å². The second-order valence-corrected chi connectivity index (χ2v) is 10.5. The number of benzene rings is 2. The number of anilines is 1. The number of allylic oxidation sites excluding steroid dienone is 1. The summed E-state index contributed by atoms with van der Waals surface area (Å²) in [6.45, 7) is 3.79. The monoisotopic (exact) mass is 485 g/mol. The summed E-state index contributed by atoms with van der Waals surface area (Å²) in [5.41, 5.74) is 7.43. The van der Waals surface area contributed by atoms with Gasteiger partial charge in [-0.25, -0.2) is 22.4 Å². The number of hydrogen-bond donors (Lipinski definition) is 1. The summed E-state index contributed by atoms with van der Waals surface area (Å²) in [7, 11) is -1.97. The fourth-order valence-corrected chi connectivity index (χ4v) is 5.96. The second-order valence-electron chi connectivity index (χ2n) is 8.69. The first-order valence-corrected chi connectivity index (χ1v) is 12.6. The van der Waals surface area contributed by atoms with E-state index in [1.165, 1.54) is 3.97 Å². The lowest BCUT2D eigenvalue weighted by molar-refractivity contribution is 0.132. The SMILES string of the molecule is CC1=CN(c2ccc3c(c2)c(-c2cc4cccnc4n2S(=O)(=O)c2ccc(C)cc2)cn3C)NO1. The van der Waals surface area contributed by atoms with Gasteiger partial charge >= 0.3 is 0 Å². The zero-order chi connectivity index (χ0) is 24.3. The third kappa shape index (κ3) is 3.39. The van der Waals surface area contributed by atoms with Gasteiger partial charge in [0.25, 0.3) is 10.0 Å². The van der Waals surface area contributed by atoms with E-state index in [1.807, 2.05) is 74.3 Å². The van der Waals surface area contributed by atoms with Gasteiger partial charge in [0.2, 0.25) is 0 Å². The second kappa shape index (κ2) is 7.72. The molecule has 1 aliphatic rings. The van der Waals surface area contributed by atoms with Crippen LogP contribution in [-0.4, -0.2) is 21.9 Å². The van der Waals surface area contributed by atoms with Gasteiger partial charge < -0.3 is 9.40 Å². The fraction of sp³-hybridized carbons (Fsp3) is 0.115. The molecule has 2 aromatic carbocycles. The maximum absolute atomic E-state index is 13.9. The molecule has 35 heavy (non-hydrogen) atoms.